The monoisotopic (exact) mass is 237 g/mol. The van der Waals surface area contributed by atoms with Crippen molar-refractivity contribution < 1.29 is 0 Å². The van der Waals surface area contributed by atoms with E-state index in [1.165, 1.54) is 27.8 Å². The largest absolute Gasteiger partial charge is 0.321 e. The molecular weight excluding hydrogens is 218 g/mol. The molecule has 18 heavy (non-hydrogen) atoms. The lowest BCUT2D eigenvalue weighted by atomic mass is 9.86. The van der Waals surface area contributed by atoms with Gasteiger partial charge in [0.25, 0.3) is 0 Å². The Bertz CT molecular complexity index is 573. The van der Waals surface area contributed by atoms with Gasteiger partial charge in [-0.05, 0) is 54.5 Å². The van der Waals surface area contributed by atoms with Crippen molar-refractivity contribution in [2.75, 3.05) is 0 Å². The summed E-state index contributed by atoms with van der Waals surface area (Å²) in [6.07, 6.45) is 1.90. The van der Waals surface area contributed by atoms with Crippen LogP contribution >= 0.6 is 0 Å². The molecule has 0 bridgehead atoms. The fourth-order valence-corrected chi connectivity index (χ4v) is 2.90. The van der Waals surface area contributed by atoms with Crippen LogP contribution in [0.2, 0.25) is 0 Å². The van der Waals surface area contributed by atoms with Gasteiger partial charge < -0.3 is 5.73 Å². The molecule has 1 nitrogen and oxygen atoms in total. The first kappa shape index (κ1) is 11.5. The molecular formula is C17H19N. The summed E-state index contributed by atoms with van der Waals surface area (Å²) >= 11 is 0. The van der Waals surface area contributed by atoms with Crippen molar-refractivity contribution >= 4 is 0 Å². The number of fused-ring (bicyclic) bond motifs is 1. The topological polar surface area (TPSA) is 26.0 Å². The first-order valence-electron chi connectivity index (χ1n) is 6.52. The van der Waals surface area contributed by atoms with E-state index in [0.717, 1.165) is 12.8 Å². The minimum atomic E-state index is -0.220. The van der Waals surface area contributed by atoms with Crippen LogP contribution in [0, 0.1) is 13.8 Å². The highest BCUT2D eigenvalue weighted by atomic mass is 14.8. The summed E-state index contributed by atoms with van der Waals surface area (Å²) in [6, 6.07) is 15.2. The summed E-state index contributed by atoms with van der Waals surface area (Å²) in [5.41, 5.74) is 13.2. The number of hydrogen-bond acceptors (Lipinski definition) is 1. The zero-order valence-electron chi connectivity index (χ0n) is 11.0. The molecule has 0 atom stereocenters. The number of aryl methyl sites for hydroxylation is 2. The summed E-state index contributed by atoms with van der Waals surface area (Å²) in [5.74, 6) is 0. The zero-order chi connectivity index (χ0) is 12.8. The first-order valence-corrected chi connectivity index (χ1v) is 6.52. The van der Waals surface area contributed by atoms with E-state index in [9.17, 15) is 0 Å². The molecule has 0 spiro atoms. The second-order valence-corrected chi connectivity index (χ2v) is 5.58. The lowest BCUT2D eigenvalue weighted by Crippen LogP contribution is -2.37. The van der Waals surface area contributed by atoms with Gasteiger partial charge in [-0.3, -0.25) is 0 Å². The standard InChI is InChI=1S/C17H19N/c1-12-7-8-16(9-13(12)2)17(18)10-14-5-3-4-6-15(14)11-17/h3-9H,10-11,18H2,1-2H3. The van der Waals surface area contributed by atoms with E-state index in [4.69, 9.17) is 5.73 Å². The van der Waals surface area contributed by atoms with Crippen LogP contribution in [0.3, 0.4) is 0 Å². The van der Waals surface area contributed by atoms with E-state index >= 15 is 0 Å². The Labute approximate surface area is 109 Å². The molecule has 0 heterocycles. The predicted octanol–water partition coefficient (Wildman–Crippen LogP) is 3.26. The van der Waals surface area contributed by atoms with Gasteiger partial charge in [0.1, 0.15) is 0 Å². The molecule has 1 aliphatic rings. The van der Waals surface area contributed by atoms with Crippen LogP contribution in [0.25, 0.3) is 0 Å². The van der Waals surface area contributed by atoms with Crippen LogP contribution in [0.5, 0.6) is 0 Å². The third-order valence-electron chi connectivity index (χ3n) is 4.21. The molecule has 2 aromatic carbocycles. The average molecular weight is 237 g/mol. The summed E-state index contributed by atoms with van der Waals surface area (Å²) in [4.78, 5) is 0. The Balaban J connectivity index is 2.01. The number of nitrogens with two attached hydrogens (primary N) is 1. The molecule has 0 fully saturated rings. The van der Waals surface area contributed by atoms with Crippen LogP contribution in [0.15, 0.2) is 42.5 Å². The maximum atomic E-state index is 6.65. The van der Waals surface area contributed by atoms with Gasteiger partial charge in [-0.2, -0.15) is 0 Å². The van der Waals surface area contributed by atoms with Crippen LogP contribution in [-0.4, -0.2) is 0 Å². The molecule has 0 saturated heterocycles. The number of benzene rings is 2. The average Bonchev–Trinajstić information content (AvgIpc) is 2.70. The van der Waals surface area contributed by atoms with Crippen LogP contribution in [0.1, 0.15) is 27.8 Å². The Hall–Kier alpha value is -1.60. The molecule has 1 aliphatic carbocycles. The van der Waals surface area contributed by atoms with E-state index in [1.54, 1.807) is 0 Å². The number of hydrogen-bond donors (Lipinski definition) is 1. The van der Waals surface area contributed by atoms with Gasteiger partial charge in [0.2, 0.25) is 0 Å². The van der Waals surface area contributed by atoms with E-state index in [1.807, 2.05) is 0 Å². The van der Waals surface area contributed by atoms with Crippen molar-refractivity contribution in [3.8, 4) is 0 Å². The minimum Gasteiger partial charge on any atom is -0.321 e. The second kappa shape index (κ2) is 3.96. The van der Waals surface area contributed by atoms with Crippen LogP contribution < -0.4 is 5.73 Å². The molecule has 0 amide bonds. The maximum Gasteiger partial charge on any atom is 0.0491 e. The molecule has 92 valence electrons. The van der Waals surface area contributed by atoms with Crippen molar-refractivity contribution in [3.05, 3.63) is 70.3 Å². The first-order chi connectivity index (χ1) is 8.58. The summed E-state index contributed by atoms with van der Waals surface area (Å²) < 4.78 is 0. The SMILES string of the molecule is Cc1ccc(C2(N)Cc3ccccc3C2)cc1C. The Morgan fingerprint density at radius 1 is 0.889 bits per heavy atom. The number of rotatable bonds is 1. The molecule has 0 unspecified atom stereocenters. The van der Waals surface area contributed by atoms with Gasteiger partial charge in [-0.15, -0.1) is 0 Å². The highest BCUT2D eigenvalue weighted by Gasteiger charge is 2.34. The summed E-state index contributed by atoms with van der Waals surface area (Å²) in [5, 5.41) is 0. The smallest absolute Gasteiger partial charge is 0.0491 e. The summed E-state index contributed by atoms with van der Waals surface area (Å²) in [6.45, 7) is 4.30. The maximum absolute atomic E-state index is 6.65. The normalized spacial score (nSPS) is 16.6. The van der Waals surface area contributed by atoms with Gasteiger partial charge >= 0.3 is 0 Å². The fraction of sp³-hybridized carbons (Fsp3) is 0.294. The van der Waals surface area contributed by atoms with E-state index < -0.39 is 0 Å². The van der Waals surface area contributed by atoms with Crippen molar-refractivity contribution in [2.24, 2.45) is 5.73 Å². The zero-order valence-corrected chi connectivity index (χ0v) is 11.0. The lowest BCUT2D eigenvalue weighted by molar-refractivity contribution is 0.472. The van der Waals surface area contributed by atoms with Crippen molar-refractivity contribution in [1.29, 1.82) is 0 Å². The molecule has 0 aromatic heterocycles. The van der Waals surface area contributed by atoms with Gasteiger partial charge in [0.05, 0.1) is 0 Å². The Morgan fingerprint density at radius 2 is 1.50 bits per heavy atom. The van der Waals surface area contributed by atoms with E-state index in [2.05, 4.69) is 56.3 Å². The quantitative estimate of drug-likeness (QED) is 0.809. The van der Waals surface area contributed by atoms with E-state index in [-0.39, 0.29) is 5.54 Å². The lowest BCUT2D eigenvalue weighted by Gasteiger charge is -2.25. The Morgan fingerprint density at radius 3 is 2.06 bits per heavy atom. The van der Waals surface area contributed by atoms with Gasteiger partial charge in [-0.1, -0.05) is 42.5 Å². The van der Waals surface area contributed by atoms with Crippen molar-refractivity contribution in [2.45, 2.75) is 32.2 Å². The molecule has 3 rings (SSSR count). The molecule has 0 aliphatic heterocycles. The third kappa shape index (κ3) is 1.75. The van der Waals surface area contributed by atoms with Crippen molar-refractivity contribution in [1.82, 2.24) is 0 Å². The highest BCUT2D eigenvalue weighted by Crippen LogP contribution is 2.36. The minimum absolute atomic E-state index is 0.220. The fourth-order valence-electron chi connectivity index (χ4n) is 2.90. The molecule has 1 heteroatoms. The molecule has 0 radical (unpaired) electrons. The molecule has 0 saturated carbocycles. The Kier molecular flexibility index (Phi) is 2.53. The third-order valence-corrected chi connectivity index (χ3v) is 4.21. The molecule has 2 aromatic rings. The second-order valence-electron chi connectivity index (χ2n) is 5.58. The van der Waals surface area contributed by atoms with E-state index in [0.29, 0.717) is 0 Å². The van der Waals surface area contributed by atoms with Gasteiger partial charge in [-0.25, -0.2) is 0 Å². The predicted molar refractivity (Wildman–Crippen MR) is 75.6 cm³/mol. The van der Waals surface area contributed by atoms with Gasteiger partial charge in [0.15, 0.2) is 0 Å². The highest BCUT2D eigenvalue weighted by molar-refractivity contribution is 5.43. The van der Waals surface area contributed by atoms with Gasteiger partial charge in [0, 0.05) is 5.54 Å². The molecule has 2 N–H and O–H groups in total. The van der Waals surface area contributed by atoms with Crippen LogP contribution in [0.4, 0.5) is 0 Å². The summed E-state index contributed by atoms with van der Waals surface area (Å²) in [7, 11) is 0. The van der Waals surface area contributed by atoms with Crippen LogP contribution in [-0.2, 0) is 18.4 Å². The van der Waals surface area contributed by atoms with Crippen molar-refractivity contribution in [3.63, 3.8) is 0 Å².